The lowest BCUT2D eigenvalue weighted by atomic mass is 10.1. The third kappa shape index (κ3) is 2.40. The molecule has 0 aliphatic carbocycles. The molecule has 1 heterocycles. The van der Waals surface area contributed by atoms with Crippen LogP contribution in [0, 0.1) is 17.1 Å². The first-order chi connectivity index (χ1) is 12.6. The van der Waals surface area contributed by atoms with Gasteiger partial charge in [-0.15, -0.1) is 0 Å². The highest BCUT2D eigenvalue weighted by molar-refractivity contribution is 6.17. The number of nitriles is 1. The topological polar surface area (TPSA) is 71.8 Å². The number of primary amides is 1. The molecular formula is C21H14FN3O. The van der Waals surface area contributed by atoms with Gasteiger partial charge in [0.25, 0.3) is 0 Å². The van der Waals surface area contributed by atoms with Crippen LogP contribution in [0.3, 0.4) is 0 Å². The number of amides is 1. The molecule has 0 unspecified atom stereocenters. The van der Waals surface area contributed by atoms with E-state index in [9.17, 15) is 9.18 Å². The zero-order chi connectivity index (χ0) is 18.3. The fourth-order valence-electron chi connectivity index (χ4n) is 3.40. The van der Waals surface area contributed by atoms with Crippen molar-refractivity contribution >= 4 is 27.7 Å². The predicted octanol–water partition coefficient (Wildman–Crippen LogP) is 3.95. The largest absolute Gasteiger partial charge is 0.366 e. The van der Waals surface area contributed by atoms with E-state index in [2.05, 4.69) is 6.07 Å². The van der Waals surface area contributed by atoms with Gasteiger partial charge in [-0.1, -0.05) is 30.3 Å². The van der Waals surface area contributed by atoms with Crippen molar-refractivity contribution in [3.05, 3.63) is 83.2 Å². The van der Waals surface area contributed by atoms with Crippen LogP contribution < -0.4 is 5.73 Å². The van der Waals surface area contributed by atoms with Gasteiger partial charge in [0.1, 0.15) is 5.82 Å². The molecule has 1 amide bonds. The van der Waals surface area contributed by atoms with Gasteiger partial charge in [-0.3, -0.25) is 4.79 Å². The standard InChI is InChI=1S/C21H14FN3O/c22-17-5-1-3-15-19-16(21(24)26)4-2-6-18(19)25(20(15)17)12-14-9-7-13(11-23)8-10-14/h1-10H,12H2,(H2,24,26). The number of benzene rings is 3. The van der Waals surface area contributed by atoms with E-state index in [0.717, 1.165) is 11.1 Å². The van der Waals surface area contributed by atoms with Gasteiger partial charge < -0.3 is 10.3 Å². The van der Waals surface area contributed by atoms with Crippen molar-refractivity contribution in [2.24, 2.45) is 5.73 Å². The van der Waals surface area contributed by atoms with Gasteiger partial charge in [0, 0.05) is 22.9 Å². The zero-order valence-electron chi connectivity index (χ0n) is 13.7. The van der Waals surface area contributed by atoms with Crippen LogP contribution in [-0.2, 0) is 6.54 Å². The second kappa shape index (κ2) is 6.01. The number of nitrogens with two attached hydrogens (primary N) is 1. The molecule has 4 aromatic rings. The van der Waals surface area contributed by atoms with Crippen molar-refractivity contribution in [1.82, 2.24) is 4.57 Å². The molecule has 0 saturated carbocycles. The Labute approximate surface area is 148 Å². The molecule has 0 aliphatic heterocycles. The summed E-state index contributed by atoms with van der Waals surface area (Å²) in [6.07, 6.45) is 0. The number of rotatable bonds is 3. The maximum absolute atomic E-state index is 14.7. The predicted molar refractivity (Wildman–Crippen MR) is 98.2 cm³/mol. The van der Waals surface area contributed by atoms with Crippen LogP contribution in [0.1, 0.15) is 21.5 Å². The van der Waals surface area contributed by atoms with E-state index >= 15 is 0 Å². The Balaban J connectivity index is 2.02. The summed E-state index contributed by atoms with van der Waals surface area (Å²) in [5, 5.41) is 10.2. The first-order valence-electron chi connectivity index (χ1n) is 8.08. The molecule has 5 heteroatoms. The summed E-state index contributed by atoms with van der Waals surface area (Å²) in [6, 6.07) is 19.3. The number of halogens is 1. The molecule has 0 aliphatic rings. The maximum atomic E-state index is 14.7. The smallest absolute Gasteiger partial charge is 0.249 e. The van der Waals surface area contributed by atoms with Crippen molar-refractivity contribution in [2.45, 2.75) is 6.54 Å². The Hall–Kier alpha value is -3.65. The second-order valence-corrected chi connectivity index (χ2v) is 6.09. The van der Waals surface area contributed by atoms with E-state index in [0.29, 0.717) is 34.0 Å². The van der Waals surface area contributed by atoms with E-state index in [4.69, 9.17) is 11.0 Å². The van der Waals surface area contributed by atoms with Crippen LogP contribution in [-0.4, -0.2) is 10.5 Å². The van der Waals surface area contributed by atoms with E-state index in [1.165, 1.54) is 6.07 Å². The third-order valence-corrected chi connectivity index (χ3v) is 4.55. The summed E-state index contributed by atoms with van der Waals surface area (Å²) in [5.74, 6) is -0.903. The Kier molecular flexibility index (Phi) is 3.67. The second-order valence-electron chi connectivity index (χ2n) is 6.09. The van der Waals surface area contributed by atoms with E-state index < -0.39 is 5.91 Å². The molecule has 4 rings (SSSR count). The average molecular weight is 343 g/mol. The van der Waals surface area contributed by atoms with Crippen molar-refractivity contribution in [2.75, 3.05) is 0 Å². The molecule has 2 N–H and O–H groups in total. The minimum atomic E-state index is -0.544. The minimum absolute atomic E-state index is 0.359. The fraction of sp³-hybridized carbons (Fsp3) is 0.0476. The van der Waals surface area contributed by atoms with Crippen LogP contribution in [0.2, 0.25) is 0 Å². The molecule has 3 aromatic carbocycles. The summed E-state index contributed by atoms with van der Waals surface area (Å²) >= 11 is 0. The molecule has 0 atom stereocenters. The molecule has 26 heavy (non-hydrogen) atoms. The van der Waals surface area contributed by atoms with Crippen molar-refractivity contribution in [3.8, 4) is 6.07 Å². The number of fused-ring (bicyclic) bond motifs is 3. The van der Waals surface area contributed by atoms with Gasteiger partial charge in [0.2, 0.25) is 5.91 Å². The molecular weight excluding hydrogens is 329 g/mol. The fourth-order valence-corrected chi connectivity index (χ4v) is 3.40. The highest BCUT2D eigenvalue weighted by Crippen LogP contribution is 2.33. The Bertz CT molecular complexity index is 1200. The highest BCUT2D eigenvalue weighted by Gasteiger charge is 2.18. The summed E-state index contributed by atoms with van der Waals surface area (Å²) in [6.45, 7) is 0.412. The lowest BCUT2D eigenvalue weighted by molar-refractivity contribution is 0.100. The van der Waals surface area contributed by atoms with E-state index in [1.807, 2.05) is 22.8 Å². The molecule has 4 nitrogen and oxygen atoms in total. The quantitative estimate of drug-likeness (QED) is 0.612. The van der Waals surface area contributed by atoms with Gasteiger partial charge in [0.15, 0.2) is 0 Å². The average Bonchev–Trinajstić information content (AvgIpc) is 2.97. The van der Waals surface area contributed by atoms with Crippen molar-refractivity contribution in [1.29, 1.82) is 5.26 Å². The molecule has 0 fully saturated rings. The van der Waals surface area contributed by atoms with Gasteiger partial charge in [-0.2, -0.15) is 5.26 Å². The summed E-state index contributed by atoms with van der Waals surface area (Å²) in [7, 11) is 0. The van der Waals surface area contributed by atoms with Crippen LogP contribution in [0.5, 0.6) is 0 Å². The normalized spacial score (nSPS) is 10.9. The lowest BCUT2D eigenvalue weighted by Crippen LogP contribution is -2.11. The van der Waals surface area contributed by atoms with Gasteiger partial charge in [-0.25, -0.2) is 4.39 Å². The Morgan fingerprint density at radius 1 is 1.08 bits per heavy atom. The minimum Gasteiger partial charge on any atom is -0.366 e. The summed E-state index contributed by atoms with van der Waals surface area (Å²) in [4.78, 5) is 11.9. The van der Waals surface area contributed by atoms with Crippen LogP contribution in [0.15, 0.2) is 60.7 Å². The number of aromatic nitrogens is 1. The Morgan fingerprint density at radius 2 is 1.81 bits per heavy atom. The zero-order valence-corrected chi connectivity index (χ0v) is 13.7. The molecule has 126 valence electrons. The van der Waals surface area contributed by atoms with Crippen molar-refractivity contribution < 1.29 is 9.18 Å². The lowest BCUT2D eigenvalue weighted by Gasteiger charge is -2.09. The number of carbonyl (C=O) groups excluding carboxylic acids is 1. The van der Waals surface area contributed by atoms with Gasteiger partial charge >= 0.3 is 0 Å². The Morgan fingerprint density at radius 3 is 2.50 bits per heavy atom. The van der Waals surface area contributed by atoms with Crippen molar-refractivity contribution in [3.63, 3.8) is 0 Å². The molecule has 0 spiro atoms. The monoisotopic (exact) mass is 343 g/mol. The SMILES string of the molecule is N#Cc1ccc(Cn2c3cccc(C(N)=O)c3c3cccc(F)c32)cc1. The van der Waals surface area contributed by atoms with E-state index in [-0.39, 0.29) is 5.82 Å². The van der Waals surface area contributed by atoms with Crippen LogP contribution in [0.4, 0.5) is 4.39 Å². The van der Waals surface area contributed by atoms with Gasteiger partial charge in [-0.05, 0) is 35.9 Å². The molecule has 0 bridgehead atoms. The third-order valence-electron chi connectivity index (χ3n) is 4.55. The summed E-state index contributed by atoms with van der Waals surface area (Å²) in [5.41, 5.74) is 8.57. The van der Waals surface area contributed by atoms with E-state index in [1.54, 1.807) is 36.4 Å². The first kappa shape index (κ1) is 15.9. The highest BCUT2D eigenvalue weighted by atomic mass is 19.1. The van der Waals surface area contributed by atoms with Gasteiger partial charge in [0.05, 0.1) is 22.7 Å². The molecule has 0 saturated heterocycles. The molecule has 1 aromatic heterocycles. The van der Waals surface area contributed by atoms with Crippen LogP contribution >= 0.6 is 0 Å². The number of nitrogens with zero attached hydrogens (tertiary/aromatic N) is 2. The first-order valence-corrected chi connectivity index (χ1v) is 8.08. The number of para-hydroxylation sites is 1. The number of hydrogen-bond acceptors (Lipinski definition) is 2. The number of carbonyl (C=O) groups is 1. The maximum Gasteiger partial charge on any atom is 0.249 e. The summed E-state index contributed by atoms with van der Waals surface area (Å²) < 4.78 is 16.5. The van der Waals surface area contributed by atoms with Crippen LogP contribution in [0.25, 0.3) is 21.8 Å². The number of hydrogen-bond donors (Lipinski definition) is 1. The molecule has 0 radical (unpaired) electrons.